The molecule has 8 heteroatoms. The number of aliphatic hydroxyl groups is 1. The lowest BCUT2D eigenvalue weighted by atomic mass is 9.96. The van der Waals surface area contributed by atoms with Crippen LogP contribution >= 0.6 is 0 Å². The summed E-state index contributed by atoms with van der Waals surface area (Å²) in [5, 5.41) is 9.58. The van der Waals surface area contributed by atoms with Gasteiger partial charge in [0.05, 0.1) is 23.4 Å². The first kappa shape index (κ1) is 23.0. The number of hydrogen-bond acceptors (Lipinski definition) is 7. The molecule has 2 aromatic carbocycles. The van der Waals surface area contributed by atoms with Gasteiger partial charge in [-0.15, -0.1) is 0 Å². The number of cyclic esters (lactones) is 1. The summed E-state index contributed by atoms with van der Waals surface area (Å²) in [6.45, 7) is 4.43. The smallest absolute Gasteiger partial charge is 0.419 e. The van der Waals surface area contributed by atoms with Crippen LogP contribution in [0.2, 0.25) is 0 Å². The van der Waals surface area contributed by atoms with Crippen LogP contribution in [0.5, 0.6) is 0 Å². The van der Waals surface area contributed by atoms with Gasteiger partial charge in [0.15, 0.2) is 5.58 Å². The summed E-state index contributed by atoms with van der Waals surface area (Å²) in [5.74, 6) is -0.637. The number of hydrogen-bond donors (Lipinski definition) is 1. The SMILES string of the molecule is Cc1c(CCN(CCO)Cc2ccc(-c3ccc4oc(=O)n(C)c4c3)nc2)ccc2c1COC2=O. The molecule has 0 bridgehead atoms. The number of ether oxygens (including phenoxy) is 1. The molecule has 5 rings (SSSR count). The Morgan fingerprint density at radius 1 is 1.11 bits per heavy atom. The molecule has 0 saturated heterocycles. The fourth-order valence-electron chi connectivity index (χ4n) is 4.59. The van der Waals surface area contributed by atoms with Crippen LogP contribution in [0.15, 0.2) is 57.9 Å². The quantitative estimate of drug-likeness (QED) is 0.393. The van der Waals surface area contributed by atoms with Gasteiger partial charge in [-0.05, 0) is 60.4 Å². The predicted octanol–water partition coefficient (Wildman–Crippen LogP) is 3.21. The van der Waals surface area contributed by atoms with Gasteiger partial charge < -0.3 is 14.3 Å². The summed E-state index contributed by atoms with van der Waals surface area (Å²) in [4.78, 5) is 30.4. The number of aryl methyl sites for hydroxylation is 1. The molecule has 1 aliphatic heterocycles. The van der Waals surface area contributed by atoms with E-state index in [9.17, 15) is 14.7 Å². The normalized spacial score (nSPS) is 13.0. The van der Waals surface area contributed by atoms with E-state index in [1.165, 1.54) is 10.1 Å². The minimum absolute atomic E-state index is 0.0699. The number of pyridine rings is 1. The van der Waals surface area contributed by atoms with Crippen LogP contribution in [-0.2, 0) is 31.4 Å². The van der Waals surface area contributed by atoms with Crippen molar-refractivity contribution >= 4 is 17.1 Å². The number of oxazole rings is 1. The van der Waals surface area contributed by atoms with E-state index in [1.807, 2.05) is 49.5 Å². The third-order valence-corrected chi connectivity index (χ3v) is 6.71. The standard InChI is InChI=1S/C27H27N3O5/c1-17-19(4-6-21-22(17)16-34-26(21)32)9-10-30(11-12-31)15-18-3-7-23(28-14-18)20-5-8-25-24(13-20)29(2)27(33)35-25/h3-8,13-14,31H,9-12,15-16H2,1-2H3. The van der Waals surface area contributed by atoms with Crippen molar-refractivity contribution in [3.63, 3.8) is 0 Å². The van der Waals surface area contributed by atoms with Crippen LogP contribution in [0.25, 0.3) is 22.4 Å². The Morgan fingerprint density at radius 2 is 1.97 bits per heavy atom. The zero-order valence-corrected chi connectivity index (χ0v) is 19.8. The number of carbonyl (C=O) groups excluding carboxylic acids is 1. The fraction of sp³-hybridized carbons (Fsp3) is 0.296. The van der Waals surface area contributed by atoms with E-state index >= 15 is 0 Å². The summed E-state index contributed by atoms with van der Waals surface area (Å²) in [6, 6.07) is 13.4. The lowest BCUT2D eigenvalue weighted by molar-refractivity contribution is 0.0535. The van der Waals surface area contributed by atoms with Crippen LogP contribution in [0.4, 0.5) is 0 Å². The zero-order valence-electron chi connectivity index (χ0n) is 19.8. The highest BCUT2D eigenvalue weighted by molar-refractivity contribution is 5.93. The van der Waals surface area contributed by atoms with E-state index < -0.39 is 0 Å². The number of carbonyl (C=O) groups is 1. The maximum Gasteiger partial charge on any atom is 0.419 e. The zero-order chi connectivity index (χ0) is 24.5. The average Bonchev–Trinajstić information content (AvgIpc) is 3.38. The molecule has 8 nitrogen and oxygen atoms in total. The topological polar surface area (TPSA) is 97.8 Å². The Morgan fingerprint density at radius 3 is 2.74 bits per heavy atom. The molecule has 0 atom stereocenters. The van der Waals surface area contributed by atoms with Gasteiger partial charge in [0.25, 0.3) is 0 Å². The van der Waals surface area contributed by atoms with Crippen molar-refractivity contribution in [2.24, 2.45) is 7.05 Å². The molecule has 0 amide bonds. The van der Waals surface area contributed by atoms with E-state index in [2.05, 4.69) is 9.88 Å². The summed E-state index contributed by atoms with van der Waals surface area (Å²) < 4.78 is 11.8. The molecule has 0 fully saturated rings. The van der Waals surface area contributed by atoms with Crippen LogP contribution in [-0.4, -0.2) is 45.2 Å². The van der Waals surface area contributed by atoms with Crippen molar-refractivity contribution in [3.05, 3.63) is 87.0 Å². The molecule has 0 radical (unpaired) electrons. The Hall–Kier alpha value is -3.75. The summed E-state index contributed by atoms with van der Waals surface area (Å²) in [7, 11) is 1.68. The van der Waals surface area contributed by atoms with Crippen LogP contribution in [0.1, 0.15) is 32.6 Å². The second kappa shape index (κ2) is 9.48. The first-order valence-electron chi connectivity index (χ1n) is 11.6. The number of fused-ring (bicyclic) bond motifs is 2. The van der Waals surface area contributed by atoms with Gasteiger partial charge in [-0.2, -0.15) is 0 Å². The second-order valence-electron chi connectivity index (χ2n) is 8.86. The molecule has 0 spiro atoms. The highest BCUT2D eigenvalue weighted by Crippen LogP contribution is 2.26. The van der Waals surface area contributed by atoms with E-state index in [1.54, 1.807) is 13.1 Å². The highest BCUT2D eigenvalue weighted by atomic mass is 16.5. The molecule has 1 aliphatic rings. The maximum absolute atomic E-state index is 11.8. The Balaban J connectivity index is 1.28. The summed E-state index contributed by atoms with van der Waals surface area (Å²) >= 11 is 0. The van der Waals surface area contributed by atoms with E-state index in [0.29, 0.717) is 30.8 Å². The monoisotopic (exact) mass is 473 g/mol. The first-order valence-corrected chi connectivity index (χ1v) is 11.6. The molecule has 35 heavy (non-hydrogen) atoms. The maximum atomic E-state index is 11.8. The van der Waals surface area contributed by atoms with Crippen molar-refractivity contribution in [1.82, 2.24) is 14.5 Å². The Bertz CT molecular complexity index is 1450. The largest absolute Gasteiger partial charge is 0.457 e. The molecule has 0 unspecified atom stereocenters. The highest BCUT2D eigenvalue weighted by Gasteiger charge is 2.24. The number of nitrogens with zero attached hydrogens (tertiary/aromatic N) is 3. The molecule has 0 saturated carbocycles. The van der Waals surface area contributed by atoms with Gasteiger partial charge in [0.1, 0.15) is 6.61 Å². The minimum Gasteiger partial charge on any atom is -0.457 e. The van der Waals surface area contributed by atoms with E-state index in [4.69, 9.17) is 9.15 Å². The van der Waals surface area contributed by atoms with Gasteiger partial charge >= 0.3 is 11.7 Å². The molecular weight excluding hydrogens is 446 g/mol. The number of esters is 1. The number of rotatable bonds is 8. The Kier molecular flexibility index (Phi) is 6.23. The molecule has 2 aromatic heterocycles. The molecule has 180 valence electrons. The first-order chi connectivity index (χ1) is 16.9. The van der Waals surface area contributed by atoms with Crippen LogP contribution in [0, 0.1) is 6.92 Å². The third kappa shape index (κ3) is 4.50. The van der Waals surface area contributed by atoms with Gasteiger partial charge in [-0.3, -0.25) is 14.5 Å². The molecule has 1 N–H and O–H groups in total. The molecule has 0 aliphatic carbocycles. The van der Waals surface area contributed by atoms with E-state index in [0.717, 1.165) is 46.4 Å². The average molecular weight is 474 g/mol. The lowest BCUT2D eigenvalue weighted by Gasteiger charge is -2.22. The molecule has 4 aromatic rings. The lowest BCUT2D eigenvalue weighted by Crippen LogP contribution is -2.29. The molecule has 3 heterocycles. The summed E-state index contributed by atoms with van der Waals surface area (Å²) in [5.41, 5.74) is 7.97. The molecular formula is C27H27N3O5. The van der Waals surface area contributed by atoms with Crippen molar-refractivity contribution in [1.29, 1.82) is 0 Å². The third-order valence-electron chi connectivity index (χ3n) is 6.71. The van der Waals surface area contributed by atoms with Crippen LogP contribution < -0.4 is 5.76 Å². The summed E-state index contributed by atoms with van der Waals surface area (Å²) in [6.07, 6.45) is 2.66. The van der Waals surface area contributed by atoms with Gasteiger partial charge in [0.2, 0.25) is 0 Å². The minimum atomic E-state index is -0.388. The van der Waals surface area contributed by atoms with Crippen molar-refractivity contribution in [2.45, 2.75) is 26.5 Å². The number of aliphatic hydroxyl groups excluding tert-OH is 1. The Labute approximate surface area is 202 Å². The van der Waals surface area contributed by atoms with E-state index in [-0.39, 0.29) is 18.3 Å². The fourth-order valence-corrected chi connectivity index (χ4v) is 4.59. The van der Waals surface area contributed by atoms with Gasteiger partial charge in [-0.1, -0.05) is 12.1 Å². The second-order valence-corrected chi connectivity index (χ2v) is 8.86. The van der Waals surface area contributed by atoms with Crippen molar-refractivity contribution in [2.75, 3.05) is 19.7 Å². The van der Waals surface area contributed by atoms with Crippen molar-refractivity contribution < 1.29 is 19.1 Å². The number of benzene rings is 2. The van der Waals surface area contributed by atoms with Gasteiger partial charge in [0, 0.05) is 44.0 Å². The van der Waals surface area contributed by atoms with Crippen LogP contribution in [0.3, 0.4) is 0 Å². The number of aromatic nitrogens is 2. The van der Waals surface area contributed by atoms with Gasteiger partial charge in [-0.25, -0.2) is 9.59 Å². The predicted molar refractivity (Wildman–Crippen MR) is 131 cm³/mol. The van der Waals surface area contributed by atoms with Crippen molar-refractivity contribution in [3.8, 4) is 11.3 Å².